The molecule has 0 unspecified atom stereocenters. The molecule has 1 aromatic carbocycles. The van der Waals surface area contributed by atoms with Crippen LogP contribution in [-0.4, -0.2) is 15.6 Å². The molecule has 1 aromatic heterocycles. The summed E-state index contributed by atoms with van der Waals surface area (Å²) in [5, 5.41) is 4.22. The summed E-state index contributed by atoms with van der Waals surface area (Å²) >= 11 is 0. The van der Waals surface area contributed by atoms with Gasteiger partial charge in [-0.3, -0.25) is 9.48 Å². The molecule has 0 bridgehead atoms. The molecular weight excluding hydrogens is 236 g/mol. The molecule has 0 spiro atoms. The minimum Gasteiger partial charge on any atom is -0.288 e. The van der Waals surface area contributed by atoms with Crippen LogP contribution in [0.15, 0.2) is 30.6 Å². The molecule has 98 valence electrons. The Morgan fingerprint density at radius 2 is 2.11 bits per heavy atom. The largest absolute Gasteiger partial charge is 0.288 e. The molecule has 0 N–H and O–H groups in total. The van der Waals surface area contributed by atoms with Crippen molar-refractivity contribution in [2.75, 3.05) is 0 Å². The summed E-state index contributed by atoms with van der Waals surface area (Å²) in [6.45, 7) is 2.96. The second kappa shape index (κ2) is 5.00. The van der Waals surface area contributed by atoms with Crippen LogP contribution in [-0.2, 0) is 19.4 Å². The lowest BCUT2D eigenvalue weighted by Crippen LogP contribution is -2.01. The van der Waals surface area contributed by atoms with E-state index >= 15 is 0 Å². The van der Waals surface area contributed by atoms with Gasteiger partial charge in [-0.1, -0.05) is 19.1 Å². The van der Waals surface area contributed by atoms with E-state index in [0.717, 1.165) is 31.4 Å². The number of carbonyl (C=O) groups is 1. The molecule has 3 heteroatoms. The first-order valence-electron chi connectivity index (χ1n) is 6.97. The van der Waals surface area contributed by atoms with Crippen LogP contribution < -0.4 is 0 Å². The van der Waals surface area contributed by atoms with E-state index in [-0.39, 0.29) is 5.78 Å². The first-order valence-corrected chi connectivity index (χ1v) is 6.97. The summed E-state index contributed by atoms with van der Waals surface area (Å²) in [6.07, 6.45) is 8.00. The fourth-order valence-electron chi connectivity index (χ4n) is 2.71. The maximum absolute atomic E-state index is 12.4. The number of hydrogen-bond acceptors (Lipinski definition) is 2. The zero-order chi connectivity index (χ0) is 13.2. The Kier molecular flexibility index (Phi) is 3.20. The molecule has 0 radical (unpaired) electrons. The van der Waals surface area contributed by atoms with Gasteiger partial charge in [0.1, 0.15) is 0 Å². The van der Waals surface area contributed by atoms with Crippen molar-refractivity contribution in [1.29, 1.82) is 0 Å². The Hall–Kier alpha value is -1.90. The van der Waals surface area contributed by atoms with Crippen molar-refractivity contribution in [3.8, 4) is 0 Å². The van der Waals surface area contributed by atoms with E-state index in [1.54, 1.807) is 6.20 Å². The fraction of sp³-hybridized carbons (Fsp3) is 0.375. The van der Waals surface area contributed by atoms with E-state index in [9.17, 15) is 4.79 Å². The average molecular weight is 254 g/mol. The van der Waals surface area contributed by atoms with E-state index in [1.165, 1.54) is 17.5 Å². The molecule has 0 fully saturated rings. The van der Waals surface area contributed by atoms with Gasteiger partial charge in [-0.15, -0.1) is 0 Å². The number of nitrogens with zero attached hydrogens (tertiary/aromatic N) is 2. The lowest BCUT2D eigenvalue weighted by Gasteiger charge is -2.02. The van der Waals surface area contributed by atoms with Crippen molar-refractivity contribution in [3.63, 3.8) is 0 Å². The number of fused-ring (bicyclic) bond motifs is 1. The molecular formula is C16H18N2O. The molecule has 1 aliphatic carbocycles. The minimum atomic E-state index is 0.0806. The predicted molar refractivity (Wildman–Crippen MR) is 74.4 cm³/mol. The van der Waals surface area contributed by atoms with Gasteiger partial charge in [-0.2, -0.15) is 5.10 Å². The van der Waals surface area contributed by atoms with Crippen LogP contribution in [0.25, 0.3) is 0 Å². The van der Waals surface area contributed by atoms with Crippen molar-refractivity contribution >= 4 is 5.78 Å². The molecule has 3 nitrogen and oxygen atoms in total. The number of ketones is 1. The van der Waals surface area contributed by atoms with Gasteiger partial charge < -0.3 is 0 Å². The fourth-order valence-corrected chi connectivity index (χ4v) is 2.71. The van der Waals surface area contributed by atoms with E-state index in [1.807, 2.05) is 16.9 Å². The number of rotatable bonds is 4. The zero-order valence-corrected chi connectivity index (χ0v) is 11.2. The highest BCUT2D eigenvalue weighted by molar-refractivity contribution is 6.08. The average Bonchev–Trinajstić information content (AvgIpc) is 3.05. The predicted octanol–water partition coefficient (Wildman–Crippen LogP) is 3.01. The third-order valence-electron chi connectivity index (χ3n) is 3.71. The molecule has 19 heavy (non-hydrogen) atoms. The van der Waals surface area contributed by atoms with Gasteiger partial charge in [0.15, 0.2) is 5.78 Å². The molecule has 3 rings (SSSR count). The highest BCUT2D eigenvalue weighted by Crippen LogP contribution is 2.23. The summed E-state index contributed by atoms with van der Waals surface area (Å²) < 4.78 is 1.83. The Balaban J connectivity index is 1.86. The highest BCUT2D eigenvalue weighted by atomic mass is 16.1. The molecule has 0 aliphatic heterocycles. The second-order valence-electron chi connectivity index (χ2n) is 5.16. The van der Waals surface area contributed by atoms with Crippen molar-refractivity contribution in [2.45, 2.75) is 39.2 Å². The Bertz CT molecular complexity index is 613. The molecule has 0 atom stereocenters. The van der Waals surface area contributed by atoms with Crippen LogP contribution >= 0.6 is 0 Å². The third kappa shape index (κ3) is 2.33. The minimum absolute atomic E-state index is 0.0806. The topological polar surface area (TPSA) is 34.9 Å². The summed E-state index contributed by atoms with van der Waals surface area (Å²) in [7, 11) is 0. The van der Waals surface area contributed by atoms with E-state index in [4.69, 9.17) is 0 Å². The number of aromatic nitrogens is 2. The van der Waals surface area contributed by atoms with Crippen molar-refractivity contribution in [2.24, 2.45) is 0 Å². The molecule has 0 saturated heterocycles. The van der Waals surface area contributed by atoms with Gasteiger partial charge in [0.05, 0.1) is 11.8 Å². The summed E-state index contributed by atoms with van der Waals surface area (Å²) in [5.74, 6) is 0.0806. The molecule has 1 aliphatic rings. The third-order valence-corrected chi connectivity index (χ3v) is 3.71. The first-order chi connectivity index (χ1) is 9.28. The van der Waals surface area contributed by atoms with Gasteiger partial charge in [0, 0.05) is 18.3 Å². The van der Waals surface area contributed by atoms with Gasteiger partial charge in [-0.25, -0.2) is 0 Å². The lowest BCUT2D eigenvalue weighted by molar-refractivity contribution is 0.103. The Morgan fingerprint density at radius 3 is 2.95 bits per heavy atom. The SMILES string of the molecule is CCCn1cc(C(=O)c2ccc3c(c2)CCC3)cn1. The monoisotopic (exact) mass is 254 g/mol. The van der Waals surface area contributed by atoms with Crippen LogP contribution in [0.4, 0.5) is 0 Å². The zero-order valence-electron chi connectivity index (χ0n) is 11.2. The smallest absolute Gasteiger partial charge is 0.196 e. The van der Waals surface area contributed by atoms with E-state index in [2.05, 4.69) is 24.2 Å². The highest BCUT2D eigenvalue weighted by Gasteiger charge is 2.16. The number of aryl methyl sites for hydroxylation is 3. The molecule has 1 heterocycles. The number of carbonyl (C=O) groups excluding carboxylic acids is 1. The van der Waals surface area contributed by atoms with Crippen molar-refractivity contribution < 1.29 is 4.79 Å². The number of hydrogen-bond donors (Lipinski definition) is 0. The summed E-state index contributed by atoms with van der Waals surface area (Å²) in [6, 6.07) is 6.11. The Labute approximate surface area is 113 Å². The second-order valence-corrected chi connectivity index (χ2v) is 5.16. The standard InChI is InChI=1S/C16H18N2O/c1-2-8-18-11-15(10-17-18)16(19)14-7-6-12-4-3-5-13(12)9-14/h6-7,9-11H,2-5,8H2,1H3. The maximum atomic E-state index is 12.4. The van der Waals surface area contributed by atoms with Gasteiger partial charge >= 0.3 is 0 Å². The van der Waals surface area contributed by atoms with Crippen molar-refractivity contribution in [1.82, 2.24) is 9.78 Å². The van der Waals surface area contributed by atoms with Crippen LogP contribution in [0.5, 0.6) is 0 Å². The summed E-state index contributed by atoms with van der Waals surface area (Å²) in [4.78, 5) is 12.4. The van der Waals surface area contributed by atoms with Crippen LogP contribution in [0, 0.1) is 0 Å². The van der Waals surface area contributed by atoms with Crippen molar-refractivity contribution in [3.05, 3.63) is 52.8 Å². The van der Waals surface area contributed by atoms with Gasteiger partial charge in [0.2, 0.25) is 0 Å². The molecule has 0 saturated carbocycles. The van der Waals surface area contributed by atoms with Crippen LogP contribution in [0.1, 0.15) is 46.8 Å². The summed E-state index contributed by atoms with van der Waals surface area (Å²) in [5.41, 5.74) is 4.22. The quantitative estimate of drug-likeness (QED) is 0.786. The van der Waals surface area contributed by atoms with Gasteiger partial charge in [-0.05, 0) is 42.9 Å². The lowest BCUT2D eigenvalue weighted by atomic mass is 10.0. The van der Waals surface area contributed by atoms with Crippen LogP contribution in [0.3, 0.4) is 0 Å². The first kappa shape index (κ1) is 12.2. The molecule has 2 aromatic rings. The molecule has 0 amide bonds. The van der Waals surface area contributed by atoms with Crippen LogP contribution in [0.2, 0.25) is 0 Å². The van der Waals surface area contributed by atoms with Gasteiger partial charge in [0.25, 0.3) is 0 Å². The Morgan fingerprint density at radius 1 is 1.26 bits per heavy atom. The number of benzene rings is 1. The van der Waals surface area contributed by atoms with E-state index in [0.29, 0.717) is 5.56 Å². The van der Waals surface area contributed by atoms with E-state index < -0.39 is 0 Å². The maximum Gasteiger partial charge on any atom is 0.196 e. The normalized spacial score (nSPS) is 13.5.